The number of amidine groups is 1. The van der Waals surface area contributed by atoms with Crippen LogP contribution in [-0.4, -0.2) is 41.5 Å². The van der Waals surface area contributed by atoms with Gasteiger partial charge < -0.3 is 4.90 Å². The third kappa shape index (κ3) is 4.32. The van der Waals surface area contributed by atoms with Gasteiger partial charge in [0.05, 0.1) is 18.0 Å². The molecule has 1 atom stereocenters. The van der Waals surface area contributed by atoms with Gasteiger partial charge in [-0.1, -0.05) is 54.2 Å². The van der Waals surface area contributed by atoms with Gasteiger partial charge in [0.15, 0.2) is 5.17 Å². The molecule has 1 unspecified atom stereocenters. The van der Waals surface area contributed by atoms with E-state index in [-0.39, 0.29) is 11.2 Å². The highest BCUT2D eigenvalue weighted by Crippen LogP contribution is 2.28. The summed E-state index contributed by atoms with van der Waals surface area (Å²) in [5.74, 6) is 0.0724. The van der Waals surface area contributed by atoms with Gasteiger partial charge in [0.2, 0.25) is 5.91 Å². The van der Waals surface area contributed by atoms with Crippen LogP contribution in [-0.2, 0) is 11.3 Å². The second kappa shape index (κ2) is 8.19. The quantitative estimate of drug-likeness (QED) is 0.600. The first kappa shape index (κ1) is 18.2. The number of anilines is 1. The normalized spacial score (nSPS) is 18.9. The molecule has 0 radical (unpaired) electrons. The van der Waals surface area contributed by atoms with E-state index in [1.54, 1.807) is 11.1 Å². The summed E-state index contributed by atoms with van der Waals surface area (Å²) >= 11 is 1.45. The molecular weight excluding hydrogens is 344 g/mol. The van der Waals surface area contributed by atoms with E-state index in [9.17, 15) is 4.79 Å². The number of nitrogens with zero attached hydrogens (tertiary/aromatic N) is 4. The van der Waals surface area contributed by atoms with Gasteiger partial charge in [0, 0.05) is 19.8 Å². The van der Waals surface area contributed by atoms with Crippen LogP contribution in [0.4, 0.5) is 5.69 Å². The Morgan fingerprint density at radius 1 is 1.12 bits per heavy atom. The molecule has 0 aromatic heterocycles. The van der Waals surface area contributed by atoms with E-state index in [4.69, 9.17) is 0 Å². The van der Waals surface area contributed by atoms with E-state index in [0.717, 1.165) is 16.8 Å². The summed E-state index contributed by atoms with van der Waals surface area (Å²) < 4.78 is 0. The molecule has 1 heterocycles. The van der Waals surface area contributed by atoms with Crippen LogP contribution in [0, 0.1) is 0 Å². The van der Waals surface area contributed by atoms with Gasteiger partial charge in [-0.25, -0.2) is 0 Å². The van der Waals surface area contributed by atoms with Crippen LogP contribution in [0.1, 0.15) is 18.1 Å². The molecule has 1 fully saturated rings. The fraction of sp³-hybridized carbons (Fsp3) is 0.250. The number of benzene rings is 2. The van der Waals surface area contributed by atoms with E-state index >= 15 is 0 Å². The Morgan fingerprint density at radius 2 is 1.81 bits per heavy atom. The molecule has 0 saturated carbocycles. The fourth-order valence-corrected chi connectivity index (χ4v) is 3.50. The summed E-state index contributed by atoms with van der Waals surface area (Å²) in [6, 6.07) is 18.0. The maximum atomic E-state index is 12.4. The highest BCUT2D eigenvalue weighted by molar-refractivity contribution is 8.15. The Morgan fingerprint density at radius 3 is 2.46 bits per heavy atom. The predicted molar refractivity (Wildman–Crippen MR) is 110 cm³/mol. The molecule has 0 bridgehead atoms. The van der Waals surface area contributed by atoms with E-state index < -0.39 is 0 Å². The number of carbonyl (C=O) groups excluding carboxylic acids is 1. The Bertz CT molecular complexity index is 815. The van der Waals surface area contributed by atoms with E-state index in [1.807, 2.05) is 80.5 Å². The average Bonchev–Trinajstić information content (AvgIpc) is 2.91. The fourth-order valence-electron chi connectivity index (χ4n) is 2.58. The maximum Gasteiger partial charge on any atom is 0.242 e. The number of hydrogen-bond donors (Lipinski definition) is 0. The SMILES string of the molecule is CC1SC(=NN=Cc2ccc(N(C)C)cc2)N(Cc2ccccc2)C1=O. The smallest absolute Gasteiger partial charge is 0.242 e. The van der Waals surface area contributed by atoms with Crippen LogP contribution >= 0.6 is 11.8 Å². The zero-order chi connectivity index (χ0) is 18.5. The summed E-state index contributed by atoms with van der Waals surface area (Å²) in [6.07, 6.45) is 1.71. The van der Waals surface area contributed by atoms with Crippen LogP contribution in [0.2, 0.25) is 0 Å². The monoisotopic (exact) mass is 366 g/mol. The predicted octanol–water partition coefficient (Wildman–Crippen LogP) is 3.61. The Hall–Kier alpha value is -2.60. The lowest BCUT2D eigenvalue weighted by atomic mass is 10.2. The summed E-state index contributed by atoms with van der Waals surface area (Å²) in [7, 11) is 4.01. The first-order valence-electron chi connectivity index (χ1n) is 8.45. The number of amides is 1. The van der Waals surface area contributed by atoms with E-state index in [0.29, 0.717) is 11.7 Å². The van der Waals surface area contributed by atoms with Gasteiger partial charge in [-0.15, -0.1) is 5.10 Å². The molecule has 2 aromatic rings. The lowest BCUT2D eigenvalue weighted by Gasteiger charge is -2.15. The molecule has 1 saturated heterocycles. The van der Waals surface area contributed by atoms with Gasteiger partial charge >= 0.3 is 0 Å². The van der Waals surface area contributed by atoms with Crippen molar-refractivity contribution in [3.05, 3.63) is 65.7 Å². The van der Waals surface area contributed by atoms with E-state index in [2.05, 4.69) is 10.2 Å². The minimum absolute atomic E-state index is 0.0724. The van der Waals surface area contributed by atoms with Crippen molar-refractivity contribution in [3.63, 3.8) is 0 Å². The third-order valence-corrected chi connectivity index (χ3v) is 5.14. The molecule has 134 valence electrons. The van der Waals surface area contributed by atoms with Crippen molar-refractivity contribution in [2.24, 2.45) is 10.2 Å². The lowest BCUT2D eigenvalue weighted by Crippen LogP contribution is -2.30. The maximum absolute atomic E-state index is 12.4. The number of hydrogen-bond acceptors (Lipinski definition) is 5. The van der Waals surface area contributed by atoms with Crippen LogP contribution in [0.25, 0.3) is 0 Å². The van der Waals surface area contributed by atoms with Crippen molar-refractivity contribution in [2.45, 2.75) is 18.7 Å². The Balaban J connectivity index is 1.73. The Labute approximate surface area is 158 Å². The summed E-state index contributed by atoms with van der Waals surface area (Å²) in [4.78, 5) is 16.2. The molecule has 0 N–H and O–H groups in total. The third-order valence-electron chi connectivity index (χ3n) is 4.07. The molecule has 26 heavy (non-hydrogen) atoms. The molecular formula is C20H22N4OS. The van der Waals surface area contributed by atoms with Crippen molar-refractivity contribution in [1.29, 1.82) is 0 Å². The Kier molecular flexibility index (Phi) is 5.73. The minimum Gasteiger partial charge on any atom is -0.378 e. The zero-order valence-corrected chi connectivity index (χ0v) is 16.0. The standard InChI is InChI=1S/C20H22N4OS/c1-15-19(25)24(14-17-7-5-4-6-8-17)20(26-15)22-21-13-16-9-11-18(12-10-16)23(2)3/h4-13,15H,14H2,1-3H3. The summed E-state index contributed by atoms with van der Waals surface area (Å²) in [6.45, 7) is 2.42. The molecule has 2 aromatic carbocycles. The molecule has 3 rings (SSSR count). The van der Waals surface area contributed by atoms with Crippen molar-refractivity contribution in [1.82, 2.24) is 4.90 Å². The van der Waals surface area contributed by atoms with Crippen molar-refractivity contribution < 1.29 is 4.79 Å². The molecule has 0 aliphatic carbocycles. The topological polar surface area (TPSA) is 48.3 Å². The van der Waals surface area contributed by atoms with Crippen molar-refractivity contribution in [3.8, 4) is 0 Å². The number of carbonyl (C=O) groups is 1. The van der Waals surface area contributed by atoms with Gasteiger partial charge in [0.25, 0.3) is 0 Å². The molecule has 6 heteroatoms. The lowest BCUT2D eigenvalue weighted by molar-refractivity contribution is -0.126. The average molecular weight is 366 g/mol. The van der Waals surface area contributed by atoms with Crippen molar-refractivity contribution in [2.75, 3.05) is 19.0 Å². The first-order chi connectivity index (χ1) is 12.5. The summed E-state index contributed by atoms with van der Waals surface area (Å²) in [5, 5.41) is 9.01. The van der Waals surface area contributed by atoms with Crippen LogP contribution in [0.5, 0.6) is 0 Å². The van der Waals surface area contributed by atoms with Crippen LogP contribution in [0.15, 0.2) is 64.8 Å². The molecule has 1 amide bonds. The zero-order valence-electron chi connectivity index (χ0n) is 15.2. The minimum atomic E-state index is -0.132. The highest BCUT2D eigenvalue weighted by Gasteiger charge is 2.35. The number of rotatable bonds is 5. The van der Waals surface area contributed by atoms with Gasteiger partial charge in [-0.05, 0) is 30.2 Å². The van der Waals surface area contributed by atoms with Crippen LogP contribution in [0.3, 0.4) is 0 Å². The van der Waals surface area contributed by atoms with E-state index in [1.165, 1.54) is 11.8 Å². The van der Waals surface area contributed by atoms with Gasteiger partial charge in [-0.2, -0.15) is 5.10 Å². The molecule has 0 spiro atoms. The second-order valence-electron chi connectivity index (χ2n) is 6.28. The first-order valence-corrected chi connectivity index (χ1v) is 9.33. The van der Waals surface area contributed by atoms with Crippen LogP contribution < -0.4 is 4.90 Å². The van der Waals surface area contributed by atoms with Crippen molar-refractivity contribution >= 4 is 34.7 Å². The summed E-state index contributed by atoms with van der Waals surface area (Å²) in [5.41, 5.74) is 3.18. The van der Waals surface area contributed by atoms with Gasteiger partial charge in [-0.3, -0.25) is 9.69 Å². The molecule has 1 aliphatic rings. The number of thioether (sulfide) groups is 1. The molecule has 5 nitrogen and oxygen atoms in total. The second-order valence-corrected chi connectivity index (χ2v) is 7.59. The van der Waals surface area contributed by atoms with Gasteiger partial charge in [0.1, 0.15) is 0 Å². The highest BCUT2D eigenvalue weighted by atomic mass is 32.2. The largest absolute Gasteiger partial charge is 0.378 e. The molecule has 1 aliphatic heterocycles.